The molecule has 0 unspecified atom stereocenters. The van der Waals surface area contributed by atoms with Gasteiger partial charge in [0.15, 0.2) is 12.8 Å². The lowest BCUT2D eigenvalue weighted by Gasteiger charge is -2.10. The molecule has 148 valence electrons. The van der Waals surface area contributed by atoms with E-state index in [1.165, 1.54) is 10.2 Å². The van der Waals surface area contributed by atoms with Crippen LogP contribution in [0.1, 0.15) is 16.1 Å². The molecule has 0 saturated carbocycles. The van der Waals surface area contributed by atoms with E-state index >= 15 is 0 Å². The lowest BCUT2D eigenvalue weighted by atomic mass is 10.2. The average Bonchev–Trinajstić information content (AvgIpc) is 2.78. The molecule has 4 rings (SSSR count). The molecule has 2 heterocycles. The van der Waals surface area contributed by atoms with E-state index in [0.29, 0.717) is 18.8 Å². The zero-order valence-electron chi connectivity index (χ0n) is 15.6. The molecular formula is C21H20N3O4S+. The topological polar surface area (TPSA) is 88.4 Å². The number of sulfonamides is 1. The first-order chi connectivity index (χ1) is 14.0. The molecule has 7 nitrogen and oxygen atoms in total. The summed E-state index contributed by atoms with van der Waals surface area (Å²) in [5.74, 6) is -0.282. The number of rotatable bonds is 5. The van der Waals surface area contributed by atoms with E-state index in [1.807, 2.05) is 30.3 Å². The van der Waals surface area contributed by atoms with Crippen molar-refractivity contribution in [3.63, 3.8) is 0 Å². The smallest absolute Gasteiger partial charge is 0.365 e. The number of nitrogens with one attached hydrogen (secondary N) is 1. The molecule has 0 atom stereocenters. The van der Waals surface area contributed by atoms with Crippen LogP contribution in [0.4, 0.5) is 0 Å². The quantitative estimate of drug-likeness (QED) is 0.650. The zero-order valence-corrected chi connectivity index (χ0v) is 16.4. The highest BCUT2D eigenvalue weighted by atomic mass is 32.2. The van der Waals surface area contributed by atoms with E-state index in [0.717, 1.165) is 16.5 Å². The normalized spacial score (nSPS) is 14.4. The minimum absolute atomic E-state index is 0.210. The molecule has 0 radical (unpaired) electrons. The third-order valence-corrected chi connectivity index (χ3v) is 6.48. The molecule has 29 heavy (non-hydrogen) atoms. The highest BCUT2D eigenvalue weighted by Gasteiger charge is 2.28. The van der Waals surface area contributed by atoms with Gasteiger partial charge in [-0.3, -0.25) is 4.79 Å². The average molecular weight is 410 g/mol. The molecule has 1 amide bonds. The van der Waals surface area contributed by atoms with Crippen LogP contribution in [-0.2, 0) is 21.3 Å². The van der Waals surface area contributed by atoms with E-state index in [4.69, 9.17) is 4.74 Å². The first-order valence-electron chi connectivity index (χ1n) is 9.20. The van der Waals surface area contributed by atoms with Crippen molar-refractivity contribution in [3.8, 4) is 0 Å². The van der Waals surface area contributed by atoms with E-state index in [2.05, 4.69) is 10.3 Å². The summed E-state index contributed by atoms with van der Waals surface area (Å²) < 4.78 is 31.7. The van der Waals surface area contributed by atoms with Crippen molar-refractivity contribution >= 4 is 33.0 Å². The minimum Gasteiger partial charge on any atom is -0.365 e. The van der Waals surface area contributed by atoms with Crippen LogP contribution in [0.3, 0.4) is 0 Å². The Bertz CT molecular complexity index is 1190. The number of benzene rings is 2. The van der Waals surface area contributed by atoms with Crippen molar-refractivity contribution < 1.29 is 21.9 Å². The molecular weight excluding hydrogens is 390 g/mol. The van der Waals surface area contributed by atoms with Crippen LogP contribution in [0.15, 0.2) is 65.6 Å². The molecule has 2 aromatic carbocycles. The lowest BCUT2D eigenvalue weighted by molar-refractivity contribution is -0.379. The van der Waals surface area contributed by atoms with Crippen molar-refractivity contribution in [2.75, 3.05) is 19.8 Å². The number of nitrogens with zero attached hydrogens (tertiary/aromatic N) is 2. The first kappa shape index (κ1) is 19.2. The predicted molar refractivity (Wildman–Crippen MR) is 109 cm³/mol. The number of pyridine rings is 1. The van der Waals surface area contributed by atoms with Crippen LogP contribution in [0.5, 0.6) is 0 Å². The highest BCUT2D eigenvalue weighted by molar-refractivity contribution is 7.85. The second-order valence-electron chi connectivity index (χ2n) is 6.59. The minimum atomic E-state index is -3.57. The number of ether oxygens (including phenoxy) is 1. The van der Waals surface area contributed by atoms with Crippen molar-refractivity contribution in [1.29, 1.82) is 0 Å². The molecule has 0 spiro atoms. The Morgan fingerprint density at radius 3 is 2.62 bits per heavy atom. The fraction of sp³-hybridized carbons (Fsp3) is 0.190. The molecule has 8 heteroatoms. The standard InChI is InChI=1S/C21H19N3O4S/c25-21(20-10-7-17-3-1-2-4-19(17)23-20)22-15-16-5-8-18(9-6-16)29(26,27)24-11-13-28-14-12-24/h1-11H,12-15H2/p+1. The van der Waals surface area contributed by atoms with Gasteiger partial charge in [-0.05, 0) is 29.8 Å². The number of para-hydroxylation sites is 1. The number of amides is 1. The van der Waals surface area contributed by atoms with Crippen LogP contribution in [0, 0.1) is 0 Å². The van der Waals surface area contributed by atoms with E-state index in [1.54, 1.807) is 30.3 Å². The third kappa shape index (κ3) is 4.18. The molecule has 0 saturated heterocycles. The second kappa shape index (κ2) is 8.10. The first-order valence-corrected chi connectivity index (χ1v) is 10.6. The third-order valence-electron chi connectivity index (χ3n) is 4.67. The van der Waals surface area contributed by atoms with Gasteiger partial charge in [0.2, 0.25) is 0 Å². The van der Waals surface area contributed by atoms with Crippen LogP contribution >= 0.6 is 0 Å². The fourth-order valence-corrected chi connectivity index (χ4v) is 4.39. The summed E-state index contributed by atoms with van der Waals surface area (Å²) in [6, 6.07) is 17.6. The summed E-state index contributed by atoms with van der Waals surface area (Å²) in [5, 5.41) is 3.79. The maximum absolute atomic E-state index is 12.6. The van der Waals surface area contributed by atoms with Crippen LogP contribution in [0.25, 0.3) is 10.9 Å². The van der Waals surface area contributed by atoms with Gasteiger partial charge in [-0.25, -0.2) is 4.98 Å². The Hall–Kier alpha value is -3.10. The summed E-state index contributed by atoms with van der Waals surface area (Å²) in [5.41, 5.74) is 1.89. The van der Waals surface area contributed by atoms with Crippen molar-refractivity contribution in [3.05, 3.63) is 71.9 Å². The Balaban J connectivity index is 1.43. The molecule has 1 aliphatic rings. The van der Waals surface area contributed by atoms with Crippen molar-refractivity contribution in [2.45, 2.75) is 11.4 Å². The Morgan fingerprint density at radius 2 is 1.86 bits per heavy atom. The highest BCUT2D eigenvalue weighted by Crippen LogP contribution is 2.15. The number of hydrogen-bond acceptors (Lipinski definition) is 5. The molecule has 0 aliphatic carbocycles. The maximum atomic E-state index is 12.6. The van der Waals surface area contributed by atoms with E-state index < -0.39 is 10.0 Å². The molecule has 1 N–H and O–H groups in total. The van der Waals surface area contributed by atoms with Crippen molar-refractivity contribution in [2.24, 2.45) is 0 Å². The molecule has 1 aliphatic heterocycles. The largest absolute Gasteiger partial charge is 0.394 e. The lowest BCUT2D eigenvalue weighted by Crippen LogP contribution is -2.31. The SMILES string of the molecule is O=C(NCc1ccc(S(=O)(=O)[N+]2=CCOCC2)cc1)c1ccc2ccccc2n1. The zero-order chi connectivity index (χ0) is 20.3. The number of fused-ring (bicyclic) bond motifs is 1. The van der Waals surface area contributed by atoms with Gasteiger partial charge in [0, 0.05) is 11.9 Å². The van der Waals surface area contributed by atoms with Crippen molar-refractivity contribution in [1.82, 2.24) is 10.3 Å². The van der Waals surface area contributed by atoms with Crippen LogP contribution < -0.4 is 5.32 Å². The number of carbonyl (C=O) groups excluding carboxylic acids is 1. The van der Waals surface area contributed by atoms with Crippen LogP contribution in [0.2, 0.25) is 0 Å². The van der Waals surface area contributed by atoms with Gasteiger partial charge < -0.3 is 10.1 Å². The number of carbonyl (C=O) groups is 1. The van der Waals surface area contributed by atoms with Gasteiger partial charge >= 0.3 is 10.0 Å². The van der Waals surface area contributed by atoms with Gasteiger partial charge in [0.25, 0.3) is 5.91 Å². The van der Waals surface area contributed by atoms with E-state index in [-0.39, 0.29) is 24.0 Å². The molecule has 3 aromatic rings. The van der Waals surface area contributed by atoms with Gasteiger partial charge in [0.1, 0.15) is 23.8 Å². The second-order valence-corrected chi connectivity index (χ2v) is 8.48. The Kier molecular flexibility index (Phi) is 5.37. The van der Waals surface area contributed by atoms with E-state index in [9.17, 15) is 13.2 Å². The monoisotopic (exact) mass is 410 g/mol. The number of aromatic nitrogens is 1. The summed E-state index contributed by atoms with van der Waals surface area (Å²) >= 11 is 0. The summed E-state index contributed by atoms with van der Waals surface area (Å²) in [6.45, 7) is 1.24. The predicted octanol–water partition coefficient (Wildman–Crippen LogP) is 1.97. The summed E-state index contributed by atoms with van der Waals surface area (Å²) in [4.78, 5) is 17.0. The van der Waals surface area contributed by atoms with Gasteiger partial charge in [-0.15, -0.1) is 3.98 Å². The van der Waals surface area contributed by atoms with Crippen LogP contribution in [-0.4, -0.2) is 49.3 Å². The van der Waals surface area contributed by atoms with Gasteiger partial charge in [0.05, 0.1) is 5.52 Å². The molecule has 1 aromatic heterocycles. The Morgan fingerprint density at radius 1 is 1.07 bits per heavy atom. The molecule has 0 bridgehead atoms. The van der Waals surface area contributed by atoms with Gasteiger partial charge in [-0.2, -0.15) is 8.42 Å². The maximum Gasteiger partial charge on any atom is 0.394 e. The summed E-state index contributed by atoms with van der Waals surface area (Å²) in [7, 11) is -3.57. The van der Waals surface area contributed by atoms with Gasteiger partial charge in [-0.1, -0.05) is 36.4 Å². The number of hydrogen-bond donors (Lipinski definition) is 1. The summed E-state index contributed by atoms with van der Waals surface area (Å²) in [6.07, 6.45) is 1.53. The molecule has 0 fully saturated rings. The fourth-order valence-electron chi connectivity index (χ4n) is 3.06. The Labute approximate surface area is 168 Å².